The minimum absolute atomic E-state index is 0.213. The molecule has 0 saturated heterocycles. The Morgan fingerprint density at radius 2 is 2.00 bits per heavy atom. The fraction of sp³-hybridized carbons (Fsp3) is 0.786. The zero-order valence-corrected chi connectivity index (χ0v) is 12.0. The van der Waals surface area contributed by atoms with Crippen LogP contribution in [0.4, 0.5) is 5.82 Å². The molecule has 0 aromatic carbocycles. The van der Waals surface area contributed by atoms with E-state index in [1.807, 2.05) is 7.05 Å². The second-order valence-electron chi connectivity index (χ2n) is 5.98. The standard InChI is InChI=1S/C14H25N3O/c1-14(2,18-4)9-11-12(15)17(3)13(16-11)10-7-5-6-8-10/h10H,5-9,15H2,1-4H3. The van der Waals surface area contributed by atoms with E-state index in [4.69, 9.17) is 15.5 Å². The summed E-state index contributed by atoms with van der Waals surface area (Å²) < 4.78 is 7.53. The Morgan fingerprint density at radius 3 is 2.56 bits per heavy atom. The van der Waals surface area contributed by atoms with Gasteiger partial charge in [0.25, 0.3) is 0 Å². The number of hydrogen-bond acceptors (Lipinski definition) is 3. The highest BCUT2D eigenvalue weighted by Gasteiger charge is 2.26. The average molecular weight is 251 g/mol. The molecule has 1 saturated carbocycles. The maximum Gasteiger partial charge on any atom is 0.126 e. The van der Waals surface area contributed by atoms with Crippen molar-refractivity contribution in [3.05, 3.63) is 11.5 Å². The largest absolute Gasteiger partial charge is 0.384 e. The summed E-state index contributed by atoms with van der Waals surface area (Å²) >= 11 is 0. The van der Waals surface area contributed by atoms with Gasteiger partial charge in [-0.3, -0.25) is 0 Å². The van der Waals surface area contributed by atoms with Crippen molar-refractivity contribution in [2.24, 2.45) is 7.05 Å². The Morgan fingerprint density at radius 1 is 1.39 bits per heavy atom. The number of nitrogens with zero attached hydrogens (tertiary/aromatic N) is 2. The van der Waals surface area contributed by atoms with Gasteiger partial charge in [0.05, 0.1) is 11.3 Å². The highest BCUT2D eigenvalue weighted by molar-refractivity contribution is 5.39. The van der Waals surface area contributed by atoms with Crippen LogP contribution in [0.2, 0.25) is 0 Å². The third-order valence-corrected chi connectivity index (χ3v) is 4.12. The number of ether oxygens (including phenoxy) is 1. The Hall–Kier alpha value is -1.03. The van der Waals surface area contributed by atoms with E-state index in [1.165, 1.54) is 25.7 Å². The van der Waals surface area contributed by atoms with E-state index in [2.05, 4.69) is 18.4 Å². The van der Waals surface area contributed by atoms with Crippen molar-refractivity contribution in [2.75, 3.05) is 12.8 Å². The van der Waals surface area contributed by atoms with Crippen molar-refractivity contribution in [1.29, 1.82) is 0 Å². The first-order valence-electron chi connectivity index (χ1n) is 6.80. The van der Waals surface area contributed by atoms with Crippen molar-refractivity contribution >= 4 is 5.82 Å². The average Bonchev–Trinajstić information content (AvgIpc) is 2.93. The Labute approximate surface area is 110 Å². The van der Waals surface area contributed by atoms with Gasteiger partial charge in [0.15, 0.2) is 0 Å². The fourth-order valence-corrected chi connectivity index (χ4v) is 2.74. The van der Waals surface area contributed by atoms with Crippen molar-refractivity contribution in [1.82, 2.24) is 9.55 Å². The van der Waals surface area contributed by atoms with E-state index in [9.17, 15) is 0 Å². The molecule has 0 spiro atoms. The number of hydrogen-bond donors (Lipinski definition) is 1. The van der Waals surface area contributed by atoms with Crippen LogP contribution in [-0.4, -0.2) is 22.3 Å². The summed E-state index contributed by atoms with van der Waals surface area (Å²) in [6.45, 7) is 4.13. The van der Waals surface area contributed by atoms with E-state index < -0.39 is 0 Å². The van der Waals surface area contributed by atoms with Crippen LogP contribution in [0.15, 0.2) is 0 Å². The maximum absolute atomic E-state index is 6.18. The number of anilines is 1. The van der Waals surface area contributed by atoms with Crippen LogP contribution < -0.4 is 5.73 Å². The molecule has 0 radical (unpaired) electrons. The Kier molecular flexibility index (Phi) is 3.66. The molecule has 0 unspecified atom stereocenters. The summed E-state index contributed by atoms with van der Waals surface area (Å²) in [5.41, 5.74) is 6.94. The molecule has 0 atom stereocenters. The number of nitrogen functional groups attached to an aromatic ring is 1. The topological polar surface area (TPSA) is 53.1 Å². The number of imidazole rings is 1. The quantitative estimate of drug-likeness (QED) is 0.895. The number of aromatic nitrogens is 2. The van der Waals surface area contributed by atoms with Crippen LogP contribution in [-0.2, 0) is 18.2 Å². The van der Waals surface area contributed by atoms with Crippen molar-refractivity contribution in [3.63, 3.8) is 0 Å². The first kappa shape index (κ1) is 13.4. The lowest BCUT2D eigenvalue weighted by molar-refractivity contribution is 0.0226. The minimum atomic E-state index is -0.213. The van der Waals surface area contributed by atoms with Gasteiger partial charge < -0.3 is 15.0 Å². The first-order valence-corrected chi connectivity index (χ1v) is 6.80. The van der Waals surface area contributed by atoms with Gasteiger partial charge in [-0.1, -0.05) is 12.8 Å². The smallest absolute Gasteiger partial charge is 0.126 e. The Balaban J connectivity index is 2.24. The van der Waals surface area contributed by atoms with E-state index >= 15 is 0 Å². The molecule has 4 heteroatoms. The van der Waals surface area contributed by atoms with Gasteiger partial charge in [0.1, 0.15) is 11.6 Å². The predicted octanol–water partition coefficient (Wildman–Crippen LogP) is 2.63. The highest BCUT2D eigenvalue weighted by atomic mass is 16.5. The lowest BCUT2D eigenvalue weighted by Crippen LogP contribution is -2.26. The van der Waals surface area contributed by atoms with Crippen molar-refractivity contribution < 1.29 is 4.74 Å². The number of methoxy groups -OCH3 is 1. The van der Waals surface area contributed by atoms with Crippen LogP contribution in [0.1, 0.15) is 57.0 Å². The molecular weight excluding hydrogens is 226 g/mol. The molecule has 1 fully saturated rings. The zero-order chi connectivity index (χ0) is 13.3. The van der Waals surface area contributed by atoms with E-state index in [1.54, 1.807) is 7.11 Å². The van der Waals surface area contributed by atoms with Crippen LogP contribution in [0.5, 0.6) is 0 Å². The first-order chi connectivity index (χ1) is 8.44. The third-order valence-electron chi connectivity index (χ3n) is 4.12. The van der Waals surface area contributed by atoms with Crippen molar-refractivity contribution in [3.8, 4) is 0 Å². The normalized spacial score (nSPS) is 17.6. The van der Waals surface area contributed by atoms with E-state index in [0.29, 0.717) is 5.92 Å². The summed E-state index contributed by atoms with van der Waals surface area (Å²) in [6, 6.07) is 0. The second-order valence-corrected chi connectivity index (χ2v) is 5.98. The summed E-state index contributed by atoms with van der Waals surface area (Å²) in [4.78, 5) is 4.78. The number of rotatable bonds is 4. The summed E-state index contributed by atoms with van der Waals surface area (Å²) in [5, 5.41) is 0. The minimum Gasteiger partial charge on any atom is -0.384 e. The molecule has 0 aliphatic heterocycles. The molecule has 0 bridgehead atoms. The molecule has 102 valence electrons. The van der Waals surface area contributed by atoms with Crippen LogP contribution in [0, 0.1) is 0 Å². The molecule has 2 N–H and O–H groups in total. The molecule has 4 nitrogen and oxygen atoms in total. The SMILES string of the molecule is COC(C)(C)Cc1nc(C2CCCC2)n(C)c1N. The predicted molar refractivity (Wildman–Crippen MR) is 73.6 cm³/mol. The lowest BCUT2D eigenvalue weighted by Gasteiger charge is -2.21. The summed E-state index contributed by atoms with van der Waals surface area (Å²) in [6.07, 6.45) is 5.89. The molecule has 1 heterocycles. The van der Waals surface area contributed by atoms with E-state index in [0.717, 1.165) is 23.8 Å². The molecule has 0 amide bonds. The monoisotopic (exact) mass is 251 g/mol. The molecule has 1 aromatic rings. The van der Waals surface area contributed by atoms with Crippen LogP contribution in [0.3, 0.4) is 0 Å². The van der Waals surface area contributed by atoms with Gasteiger partial charge in [0, 0.05) is 26.5 Å². The van der Waals surface area contributed by atoms with Crippen LogP contribution >= 0.6 is 0 Å². The van der Waals surface area contributed by atoms with Gasteiger partial charge in [-0.15, -0.1) is 0 Å². The molecule has 1 aliphatic rings. The zero-order valence-electron chi connectivity index (χ0n) is 12.0. The van der Waals surface area contributed by atoms with Crippen molar-refractivity contribution in [2.45, 2.75) is 57.5 Å². The van der Waals surface area contributed by atoms with Gasteiger partial charge >= 0.3 is 0 Å². The fourth-order valence-electron chi connectivity index (χ4n) is 2.74. The van der Waals surface area contributed by atoms with Gasteiger partial charge in [0.2, 0.25) is 0 Å². The Bertz CT molecular complexity index is 417. The third kappa shape index (κ3) is 2.53. The van der Waals surface area contributed by atoms with Gasteiger partial charge in [-0.2, -0.15) is 0 Å². The van der Waals surface area contributed by atoms with Crippen LogP contribution in [0.25, 0.3) is 0 Å². The summed E-state index contributed by atoms with van der Waals surface area (Å²) in [7, 11) is 3.76. The second kappa shape index (κ2) is 4.92. The molecule has 1 aromatic heterocycles. The van der Waals surface area contributed by atoms with Gasteiger partial charge in [-0.25, -0.2) is 4.98 Å². The lowest BCUT2D eigenvalue weighted by atomic mass is 10.0. The molecule has 2 rings (SSSR count). The number of nitrogens with two attached hydrogens (primary N) is 1. The highest BCUT2D eigenvalue weighted by Crippen LogP contribution is 2.35. The molecule has 1 aliphatic carbocycles. The molecular formula is C14H25N3O. The molecule has 18 heavy (non-hydrogen) atoms. The maximum atomic E-state index is 6.18. The van der Waals surface area contributed by atoms with Gasteiger partial charge in [-0.05, 0) is 26.7 Å². The van der Waals surface area contributed by atoms with E-state index in [-0.39, 0.29) is 5.60 Å². The summed E-state index contributed by atoms with van der Waals surface area (Å²) in [5.74, 6) is 2.55.